The van der Waals surface area contributed by atoms with Crippen molar-refractivity contribution in [3.8, 4) is 0 Å². The first-order chi connectivity index (χ1) is 5.97. The van der Waals surface area contributed by atoms with E-state index in [1.165, 1.54) is 0 Å². The van der Waals surface area contributed by atoms with Crippen LogP contribution in [0.4, 0.5) is 0 Å². The van der Waals surface area contributed by atoms with E-state index in [4.69, 9.17) is 0 Å². The Hall–Kier alpha value is 1.10. The van der Waals surface area contributed by atoms with Crippen molar-refractivity contribution in [2.45, 2.75) is 41.5 Å². The van der Waals surface area contributed by atoms with Crippen LogP contribution < -0.4 is 0 Å². The summed E-state index contributed by atoms with van der Waals surface area (Å²) in [4.78, 5) is 0. The van der Waals surface area contributed by atoms with Gasteiger partial charge in [0.1, 0.15) is 0 Å². The molecule has 0 heterocycles. The molecule has 1 fully saturated rings. The zero-order chi connectivity index (χ0) is 10.6. The molecule has 0 aromatic rings. The summed E-state index contributed by atoms with van der Waals surface area (Å²) in [7, 11) is 0. The predicted molar refractivity (Wildman–Crippen MR) is 61.2 cm³/mol. The summed E-state index contributed by atoms with van der Waals surface area (Å²) < 4.78 is 0. The third kappa shape index (κ3) is 4.31. The van der Waals surface area contributed by atoms with Gasteiger partial charge in [0, 0.05) is 32.7 Å². The molecular weight excluding hydrogens is 245 g/mol. The molecule has 0 saturated heterocycles. The van der Waals surface area contributed by atoms with E-state index in [0.717, 1.165) is 23.7 Å². The zero-order valence-corrected chi connectivity index (χ0v) is 13.6. The molecule has 0 nitrogen and oxygen atoms in total. The van der Waals surface area contributed by atoms with Crippen molar-refractivity contribution in [1.29, 1.82) is 0 Å². The van der Waals surface area contributed by atoms with E-state index in [1.807, 2.05) is 20.3 Å². The molecule has 0 aromatic heterocycles. The van der Waals surface area contributed by atoms with Gasteiger partial charge in [0.25, 0.3) is 0 Å². The Kier molecular flexibility index (Phi) is 10.3. The van der Waals surface area contributed by atoms with Gasteiger partial charge in [-0.2, -0.15) is 19.8 Å². The number of rotatable bonds is 0. The summed E-state index contributed by atoms with van der Waals surface area (Å²) in [6.07, 6.45) is 2.00. The van der Waals surface area contributed by atoms with E-state index in [2.05, 4.69) is 34.6 Å². The van der Waals surface area contributed by atoms with Crippen LogP contribution in [0.2, 0.25) is 0 Å². The van der Waals surface area contributed by atoms with Gasteiger partial charge in [-0.15, -0.1) is 0 Å². The molecule has 1 heteroatoms. The van der Waals surface area contributed by atoms with Crippen molar-refractivity contribution in [1.82, 2.24) is 0 Å². The number of hydrogen-bond donors (Lipinski definition) is 0. The van der Waals surface area contributed by atoms with Gasteiger partial charge in [0.05, 0.1) is 0 Å². The van der Waals surface area contributed by atoms with Crippen molar-refractivity contribution in [3.05, 3.63) is 13.3 Å². The Balaban J connectivity index is 0. The third-order valence-corrected chi connectivity index (χ3v) is 3.84. The minimum Gasteiger partial charge on any atom is -0.340 e. The molecule has 4 atom stereocenters. The average Bonchev–Trinajstić information content (AvgIpc) is 2.25. The first kappa shape index (κ1) is 17.5. The van der Waals surface area contributed by atoms with Crippen LogP contribution in [-0.2, 0) is 32.7 Å². The van der Waals surface area contributed by atoms with Gasteiger partial charge in [0.15, 0.2) is 0 Å². The molecule has 0 bridgehead atoms. The van der Waals surface area contributed by atoms with Gasteiger partial charge in [-0.3, -0.25) is 0 Å². The Morgan fingerprint density at radius 3 is 1.07 bits per heavy atom. The maximum absolute atomic E-state index is 4.20. The van der Waals surface area contributed by atoms with Gasteiger partial charge in [-0.1, -0.05) is 39.5 Å². The van der Waals surface area contributed by atoms with Gasteiger partial charge < -0.3 is 13.3 Å². The van der Waals surface area contributed by atoms with Gasteiger partial charge in [0.2, 0.25) is 0 Å². The molecule has 1 rings (SSSR count). The molecule has 0 aromatic carbocycles. The van der Waals surface area contributed by atoms with Gasteiger partial charge in [-0.05, 0) is 11.8 Å². The maximum Gasteiger partial charge on any atom is 0 e. The smallest absolute Gasteiger partial charge is 0 e. The van der Waals surface area contributed by atoms with Crippen LogP contribution in [0.25, 0.3) is 0 Å². The van der Waals surface area contributed by atoms with Gasteiger partial charge in [-0.25, -0.2) is 0 Å². The zero-order valence-electron chi connectivity index (χ0n) is 10.7. The number of hydrogen-bond acceptors (Lipinski definition) is 0. The Labute approximate surface area is 117 Å². The minimum atomic E-state index is 0. The van der Waals surface area contributed by atoms with E-state index in [9.17, 15) is 0 Å². The summed E-state index contributed by atoms with van der Waals surface area (Å²) in [6, 6.07) is 0. The van der Waals surface area contributed by atoms with E-state index < -0.39 is 0 Å². The molecular formula is C13H26Y-2. The Morgan fingerprint density at radius 2 is 1.00 bits per heavy atom. The second-order valence-corrected chi connectivity index (χ2v) is 4.68. The minimum absolute atomic E-state index is 0. The first-order valence-corrected chi connectivity index (χ1v) is 5.54. The summed E-state index contributed by atoms with van der Waals surface area (Å²) >= 11 is 0. The van der Waals surface area contributed by atoms with Crippen molar-refractivity contribution < 1.29 is 32.7 Å². The summed E-state index contributed by atoms with van der Waals surface area (Å²) in [5.41, 5.74) is 0. The van der Waals surface area contributed by atoms with Crippen LogP contribution in [0.1, 0.15) is 41.5 Å². The quantitative estimate of drug-likeness (QED) is 0.579. The normalized spacial score (nSPS) is 40.9. The summed E-state index contributed by atoms with van der Waals surface area (Å²) in [5.74, 6) is 4.08. The molecule has 14 heavy (non-hydrogen) atoms. The van der Waals surface area contributed by atoms with Crippen LogP contribution in [-0.4, -0.2) is 0 Å². The van der Waals surface area contributed by atoms with Crippen LogP contribution >= 0.6 is 0 Å². The average molecular weight is 271 g/mol. The monoisotopic (exact) mass is 271 g/mol. The maximum atomic E-state index is 4.20. The fourth-order valence-corrected chi connectivity index (χ4v) is 2.22. The molecule has 1 aliphatic carbocycles. The fourth-order valence-electron chi connectivity index (χ4n) is 2.22. The van der Waals surface area contributed by atoms with Crippen LogP contribution in [0.3, 0.4) is 0 Å². The summed E-state index contributed by atoms with van der Waals surface area (Å²) in [6.45, 7) is 17.6. The molecule has 4 unspecified atom stereocenters. The fraction of sp³-hybridized carbons (Fsp3) is 0.846. The second kappa shape index (κ2) is 8.28. The van der Waals surface area contributed by atoms with Crippen molar-refractivity contribution in [2.24, 2.45) is 29.6 Å². The second-order valence-electron chi connectivity index (χ2n) is 4.68. The Bertz CT molecular complexity index is 88.4. The van der Waals surface area contributed by atoms with Crippen molar-refractivity contribution in [2.75, 3.05) is 0 Å². The molecule has 1 saturated carbocycles. The topological polar surface area (TPSA) is 0 Å². The first-order valence-electron chi connectivity index (χ1n) is 5.54. The van der Waals surface area contributed by atoms with Crippen molar-refractivity contribution in [3.63, 3.8) is 0 Å². The molecule has 0 N–H and O–H groups in total. The standard InChI is InChI=1S/C10H19.C3H7.Y/c1-6-7(2)9(4)10(5)8(6)3;1-3-2;/h6-10H,1H2,2-5H3;3H,1-2H3;/q2*-1;. The van der Waals surface area contributed by atoms with Crippen LogP contribution in [0.5, 0.6) is 0 Å². The molecule has 1 radical (unpaired) electrons. The van der Waals surface area contributed by atoms with E-state index in [-0.39, 0.29) is 32.7 Å². The Morgan fingerprint density at radius 1 is 0.786 bits per heavy atom. The van der Waals surface area contributed by atoms with E-state index >= 15 is 0 Å². The predicted octanol–water partition coefficient (Wildman–Crippen LogP) is 4.22. The molecule has 0 aliphatic heterocycles. The van der Waals surface area contributed by atoms with Crippen LogP contribution in [0.15, 0.2) is 0 Å². The van der Waals surface area contributed by atoms with Gasteiger partial charge >= 0.3 is 0 Å². The summed E-state index contributed by atoms with van der Waals surface area (Å²) in [5, 5.41) is 0. The molecule has 83 valence electrons. The molecule has 0 spiro atoms. The molecule has 0 amide bonds. The van der Waals surface area contributed by atoms with Crippen LogP contribution in [0, 0.1) is 42.9 Å². The van der Waals surface area contributed by atoms with E-state index in [0.29, 0.717) is 5.92 Å². The van der Waals surface area contributed by atoms with Crippen molar-refractivity contribution >= 4 is 0 Å². The molecule has 1 aliphatic rings. The largest absolute Gasteiger partial charge is 0.340 e. The SMILES string of the molecule is C[CH-]C.[CH2-]C1C(C)C(C)C(C)C1C.[Y]. The van der Waals surface area contributed by atoms with E-state index in [1.54, 1.807) is 0 Å². The third-order valence-electron chi connectivity index (χ3n) is 3.84.